The number of hydrogen-bond acceptors (Lipinski definition) is 3. The van der Waals surface area contributed by atoms with Gasteiger partial charge in [-0.2, -0.15) is 8.42 Å². The molecule has 0 rings (SSSR count). The van der Waals surface area contributed by atoms with Crippen LogP contribution in [0.3, 0.4) is 0 Å². The molecule has 0 aliphatic carbocycles. The normalized spacial score (nSPS) is 10.2. The van der Waals surface area contributed by atoms with E-state index < -0.39 is 16.4 Å². The molecule has 0 saturated heterocycles. The van der Waals surface area contributed by atoms with Crippen LogP contribution in [0.4, 0.5) is 0 Å². The number of carboxylic acid groups (broad SMARTS) is 1. The molecule has 0 aromatic carbocycles. The minimum atomic E-state index is -4.67. The first-order valence-electron chi connectivity index (χ1n) is 9.69. The fourth-order valence-electron chi connectivity index (χ4n) is 2.65. The third-order valence-electron chi connectivity index (χ3n) is 3.99. The third kappa shape index (κ3) is 52.3. The van der Waals surface area contributed by atoms with E-state index in [1.165, 1.54) is 83.5 Å². The van der Waals surface area contributed by atoms with Crippen LogP contribution in [0.5, 0.6) is 0 Å². The van der Waals surface area contributed by atoms with E-state index in [4.69, 9.17) is 22.6 Å². The Labute approximate surface area is 219 Å². The topological polar surface area (TPSA) is 112 Å². The smallest absolute Gasteiger partial charge is 0.481 e. The summed E-state index contributed by atoms with van der Waals surface area (Å²) >= 11 is 0. The fraction of sp³-hybridized carbons (Fsp3) is 0.944. The Morgan fingerprint density at radius 2 is 0.889 bits per heavy atom. The van der Waals surface area contributed by atoms with E-state index in [-0.39, 0.29) is 68.7 Å². The van der Waals surface area contributed by atoms with E-state index >= 15 is 0 Å². The summed E-state index contributed by atoms with van der Waals surface area (Å²) in [4.78, 5) is 10.3. The molecule has 0 heterocycles. The van der Waals surface area contributed by atoms with Crippen molar-refractivity contribution in [1.29, 1.82) is 0 Å². The Balaban J connectivity index is -0.000000333. The van der Waals surface area contributed by atoms with Gasteiger partial charge in [0, 0.05) is 6.42 Å². The summed E-state index contributed by atoms with van der Waals surface area (Å²) in [6.07, 6.45) is 20.2. The van der Waals surface area contributed by atoms with E-state index in [1.54, 1.807) is 0 Å². The van der Waals surface area contributed by atoms with Crippen molar-refractivity contribution < 1.29 is 78.8 Å². The summed E-state index contributed by atoms with van der Waals surface area (Å²) in [6.45, 7) is 2.27. The molecule has 27 heavy (non-hydrogen) atoms. The van der Waals surface area contributed by atoms with Gasteiger partial charge in [0.15, 0.2) is 0 Å². The molecule has 9 heteroatoms. The van der Waals surface area contributed by atoms with Crippen LogP contribution in [0.1, 0.15) is 110 Å². The van der Waals surface area contributed by atoms with Gasteiger partial charge in [-0.15, -0.1) is 0 Å². The molecule has 0 spiro atoms. The summed E-state index contributed by atoms with van der Waals surface area (Å²) in [7, 11) is -4.67. The van der Waals surface area contributed by atoms with Crippen molar-refractivity contribution >= 4 is 33.7 Å². The fourth-order valence-corrected chi connectivity index (χ4v) is 2.65. The number of carboxylic acids is 1. The first-order valence-corrected chi connectivity index (χ1v) is 11.1. The molecule has 0 fully saturated rings. The van der Waals surface area contributed by atoms with E-state index in [2.05, 4.69) is 6.92 Å². The average molecular weight is 449 g/mol. The summed E-state index contributed by atoms with van der Waals surface area (Å²) in [5.41, 5.74) is 0. The molecule has 0 atom stereocenters. The molecule has 0 aliphatic rings. The summed E-state index contributed by atoms with van der Waals surface area (Å²) in [6, 6.07) is 0. The first kappa shape index (κ1) is 35.9. The van der Waals surface area contributed by atoms with Crippen LogP contribution in [0, 0.1) is 0 Å². The second-order valence-electron chi connectivity index (χ2n) is 6.54. The van der Waals surface area contributed by atoms with Crippen LogP contribution in [0.2, 0.25) is 0 Å². The van der Waals surface area contributed by atoms with Gasteiger partial charge in [-0.1, -0.05) is 96.8 Å². The van der Waals surface area contributed by atoms with Crippen molar-refractivity contribution in [2.75, 3.05) is 0 Å². The van der Waals surface area contributed by atoms with Crippen molar-refractivity contribution in [1.82, 2.24) is 0 Å². The minimum absolute atomic E-state index is 0. The van der Waals surface area contributed by atoms with Crippen LogP contribution in [-0.4, -0.2) is 46.0 Å². The van der Waals surface area contributed by atoms with Gasteiger partial charge in [-0.25, -0.2) is 0 Å². The minimum Gasteiger partial charge on any atom is -0.481 e. The monoisotopic (exact) mass is 448 g/mol. The molecule has 0 aromatic heterocycles. The molecule has 0 bridgehead atoms. The van der Waals surface area contributed by atoms with Gasteiger partial charge >= 0.3 is 85.1 Å². The third-order valence-corrected chi connectivity index (χ3v) is 3.99. The standard InChI is InChI=1S/C18H36O2.Al.K.H2O4S/c1-2-3-4-5-6-7-8-9-10-11-12-13-14-15-16-17-18(19)20;;;1-5(2,3)4/h2-17H2,1H3,(H,19,20);;;(H2,1,2,3,4)/q;+3;+1;. The maximum Gasteiger partial charge on any atom is 3.00 e. The molecule has 0 radical (unpaired) electrons. The van der Waals surface area contributed by atoms with Crippen molar-refractivity contribution in [2.24, 2.45) is 0 Å². The zero-order valence-corrected chi connectivity index (χ0v) is 22.5. The second kappa shape index (κ2) is 27.5. The molecule has 6 nitrogen and oxygen atoms in total. The average Bonchev–Trinajstić information content (AvgIpc) is 2.49. The molecular weight excluding hydrogens is 410 g/mol. The molecule has 0 amide bonds. The predicted molar refractivity (Wildman–Crippen MR) is 107 cm³/mol. The maximum absolute atomic E-state index is 10.3. The van der Waals surface area contributed by atoms with Crippen molar-refractivity contribution in [3.05, 3.63) is 0 Å². The van der Waals surface area contributed by atoms with Gasteiger partial charge in [-0.3, -0.25) is 13.9 Å². The van der Waals surface area contributed by atoms with Crippen LogP contribution in [0.15, 0.2) is 0 Å². The predicted octanol–water partition coefficient (Wildman–Crippen LogP) is 2.30. The molecule has 3 N–H and O–H groups in total. The zero-order valence-electron chi connectivity index (χ0n) is 17.4. The Morgan fingerprint density at radius 1 is 0.667 bits per heavy atom. The van der Waals surface area contributed by atoms with E-state index in [0.29, 0.717) is 6.42 Å². The van der Waals surface area contributed by atoms with Crippen LogP contribution < -0.4 is 51.4 Å². The molecule has 0 saturated carbocycles. The number of hydrogen-bond donors (Lipinski definition) is 3. The van der Waals surface area contributed by atoms with E-state index in [1.807, 2.05) is 0 Å². The number of rotatable bonds is 16. The Kier molecular flexibility index (Phi) is 36.6. The van der Waals surface area contributed by atoms with Crippen molar-refractivity contribution in [3.8, 4) is 0 Å². The number of carbonyl (C=O) groups is 1. The van der Waals surface area contributed by atoms with Gasteiger partial charge in [0.25, 0.3) is 0 Å². The number of unbranched alkanes of at least 4 members (excludes halogenated alkanes) is 14. The first-order chi connectivity index (χ1) is 11.8. The van der Waals surface area contributed by atoms with Gasteiger partial charge in [0.05, 0.1) is 0 Å². The van der Waals surface area contributed by atoms with Crippen LogP contribution in [-0.2, 0) is 15.2 Å². The molecule has 0 unspecified atom stereocenters. The molecule has 0 aliphatic heterocycles. The summed E-state index contributed by atoms with van der Waals surface area (Å²) < 4.78 is 31.6. The summed E-state index contributed by atoms with van der Waals surface area (Å²) in [5.74, 6) is -0.653. The quantitative estimate of drug-likeness (QED) is 0.190. The molecular formula is C18H38AlKO6S+4. The van der Waals surface area contributed by atoms with Gasteiger partial charge in [0.2, 0.25) is 0 Å². The van der Waals surface area contributed by atoms with Crippen LogP contribution >= 0.6 is 0 Å². The Bertz CT molecular complexity index is 385. The van der Waals surface area contributed by atoms with Crippen molar-refractivity contribution in [3.63, 3.8) is 0 Å². The van der Waals surface area contributed by atoms with Gasteiger partial charge in [-0.05, 0) is 6.42 Å². The second-order valence-corrected chi connectivity index (χ2v) is 7.44. The SMILES string of the molecule is CCCCCCCCCCCCCCCCCC(=O)O.O=S(=O)(O)O.[Al+3].[K+]. The van der Waals surface area contributed by atoms with Crippen molar-refractivity contribution in [2.45, 2.75) is 110 Å². The Hall–Kier alpha value is 1.51. The number of aliphatic carboxylic acids is 1. The largest absolute Gasteiger partial charge is 3.00 e. The molecule has 0 aromatic rings. The van der Waals surface area contributed by atoms with E-state index in [9.17, 15) is 4.79 Å². The summed E-state index contributed by atoms with van der Waals surface area (Å²) in [5, 5.41) is 8.52. The Morgan fingerprint density at radius 3 is 1.11 bits per heavy atom. The van der Waals surface area contributed by atoms with E-state index in [0.717, 1.165) is 12.8 Å². The van der Waals surface area contributed by atoms with Crippen LogP contribution in [0.25, 0.3) is 0 Å². The zero-order chi connectivity index (χ0) is 19.4. The molecule has 152 valence electrons. The van der Waals surface area contributed by atoms with Gasteiger partial charge < -0.3 is 5.11 Å². The van der Waals surface area contributed by atoms with Gasteiger partial charge in [0.1, 0.15) is 0 Å². The maximum atomic E-state index is 10.3.